The third-order valence-corrected chi connectivity index (χ3v) is 5.24. The lowest BCUT2D eigenvalue weighted by atomic mass is 9.83. The summed E-state index contributed by atoms with van der Waals surface area (Å²) in [5.41, 5.74) is 0.738. The van der Waals surface area contributed by atoms with Crippen molar-refractivity contribution in [2.75, 3.05) is 13.1 Å². The first-order valence-corrected chi connectivity index (χ1v) is 8.63. The minimum Gasteiger partial charge on any atom is -0.335 e. The Morgan fingerprint density at radius 1 is 1.32 bits per heavy atom. The highest BCUT2D eigenvalue weighted by Gasteiger charge is 2.43. The van der Waals surface area contributed by atoms with Gasteiger partial charge >= 0.3 is 0 Å². The van der Waals surface area contributed by atoms with E-state index in [1.807, 2.05) is 18.2 Å². The number of hydrogen-bond donors (Lipinski definition) is 1. The van der Waals surface area contributed by atoms with Crippen molar-refractivity contribution in [2.24, 2.45) is 5.41 Å². The van der Waals surface area contributed by atoms with E-state index in [4.69, 9.17) is 11.6 Å². The molecule has 2 aliphatic heterocycles. The van der Waals surface area contributed by atoms with Crippen LogP contribution in [0.1, 0.15) is 38.7 Å². The predicted octanol–water partition coefficient (Wildman–Crippen LogP) is 3.26. The third-order valence-electron chi connectivity index (χ3n) is 5.00. The van der Waals surface area contributed by atoms with E-state index >= 15 is 0 Å². The maximum absolute atomic E-state index is 13.2. The van der Waals surface area contributed by atoms with Crippen LogP contribution in [0.4, 0.5) is 0 Å². The maximum Gasteiger partial charge on any atom is 0.229 e. The molecule has 2 aliphatic rings. The largest absolute Gasteiger partial charge is 0.335 e. The van der Waals surface area contributed by atoms with Gasteiger partial charge in [-0.25, -0.2) is 0 Å². The number of halogens is 1. The molecule has 1 amide bonds. The van der Waals surface area contributed by atoms with Gasteiger partial charge in [0.05, 0.1) is 0 Å². The molecular formula is C18H25ClN2O. The molecule has 2 atom stereocenters. The molecule has 2 bridgehead atoms. The van der Waals surface area contributed by atoms with Crippen LogP contribution in [-0.4, -0.2) is 36.0 Å². The summed E-state index contributed by atoms with van der Waals surface area (Å²) in [6.07, 6.45) is 4.10. The topological polar surface area (TPSA) is 32.3 Å². The van der Waals surface area contributed by atoms with Crippen molar-refractivity contribution in [1.29, 1.82) is 0 Å². The molecule has 0 aliphatic carbocycles. The normalized spacial score (nSPS) is 25.1. The second-order valence-electron chi connectivity index (χ2n) is 7.28. The molecule has 0 spiro atoms. The number of amides is 1. The molecule has 2 saturated heterocycles. The van der Waals surface area contributed by atoms with Gasteiger partial charge in [-0.1, -0.05) is 37.6 Å². The van der Waals surface area contributed by atoms with Crippen LogP contribution in [0.15, 0.2) is 24.3 Å². The monoisotopic (exact) mass is 320 g/mol. The quantitative estimate of drug-likeness (QED) is 0.927. The van der Waals surface area contributed by atoms with E-state index in [1.165, 1.54) is 0 Å². The molecule has 3 rings (SSSR count). The summed E-state index contributed by atoms with van der Waals surface area (Å²) >= 11 is 6.08. The molecule has 120 valence electrons. The first kappa shape index (κ1) is 15.8. The minimum atomic E-state index is -0.393. The van der Waals surface area contributed by atoms with Crippen molar-refractivity contribution in [2.45, 2.75) is 51.6 Å². The van der Waals surface area contributed by atoms with Crippen LogP contribution in [0, 0.1) is 5.41 Å². The summed E-state index contributed by atoms with van der Waals surface area (Å²) in [5.74, 6) is 0.295. The lowest BCUT2D eigenvalue weighted by molar-refractivity contribution is -0.143. The Bertz CT molecular complexity index is 544. The van der Waals surface area contributed by atoms with E-state index < -0.39 is 5.41 Å². The number of rotatable bonds is 3. The molecule has 3 nitrogen and oxygen atoms in total. The van der Waals surface area contributed by atoms with E-state index in [-0.39, 0.29) is 0 Å². The first-order valence-electron chi connectivity index (χ1n) is 8.25. The summed E-state index contributed by atoms with van der Waals surface area (Å²) in [4.78, 5) is 15.4. The Hall–Kier alpha value is -1.06. The summed E-state index contributed by atoms with van der Waals surface area (Å²) < 4.78 is 0. The van der Waals surface area contributed by atoms with Gasteiger partial charge in [-0.3, -0.25) is 4.79 Å². The van der Waals surface area contributed by atoms with Gasteiger partial charge in [-0.05, 0) is 49.9 Å². The zero-order valence-corrected chi connectivity index (χ0v) is 14.2. The number of benzene rings is 1. The molecule has 0 saturated carbocycles. The van der Waals surface area contributed by atoms with Crippen molar-refractivity contribution in [3.8, 4) is 0 Å². The number of fused-ring (bicyclic) bond motifs is 2. The third kappa shape index (κ3) is 3.16. The summed E-state index contributed by atoms with van der Waals surface area (Å²) in [6.45, 7) is 6.09. The number of carbonyl (C=O) groups is 1. The van der Waals surface area contributed by atoms with Gasteiger partial charge < -0.3 is 10.2 Å². The van der Waals surface area contributed by atoms with E-state index in [2.05, 4.69) is 30.1 Å². The van der Waals surface area contributed by atoms with E-state index in [9.17, 15) is 4.79 Å². The second-order valence-corrected chi connectivity index (χ2v) is 7.72. The Morgan fingerprint density at radius 2 is 2.09 bits per heavy atom. The Morgan fingerprint density at radius 3 is 2.86 bits per heavy atom. The molecular weight excluding hydrogens is 296 g/mol. The lowest BCUT2D eigenvalue weighted by Crippen LogP contribution is -2.49. The van der Waals surface area contributed by atoms with Crippen molar-refractivity contribution < 1.29 is 4.79 Å². The summed E-state index contributed by atoms with van der Waals surface area (Å²) in [5, 5.41) is 4.20. The van der Waals surface area contributed by atoms with Crippen molar-refractivity contribution in [1.82, 2.24) is 10.2 Å². The fraction of sp³-hybridized carbons (Fsp3) is 0.611. The van der Waals surface area contributed by atoms with Crippen LogP contribution in [0.3, 0.4) is 0 Å². The Kier molecular flexibility index (Phi) is 4.47. The number of carbonyl (C=O) groups excluding carboxylic acids is 1. The van der Waals surface area contributed by atoms with Crippen LogP contribution >= 0.6 is 11.6 Å². The van der Waals surface area contributed by atoms with Gasteiger partial charge in [0.2, 0.25) is 5.91 Å². The second kappa shape index (κ2) is 6.21. The SMILES string of the molecule is CC(C)(Cc1cccc(Cl)c1)C(=O)N1C2CCNCC1CC2. The molecule has 22 heavy (non-hydrogen) atoms. The van der Waals surface area contributed by atoms with Crippen LogP contribution in [0.2, 0.25) is 5.02 Å². The maximum atomic E-state index is 13.2. The summed E-state index contributed by atoms with van der Waals surface area (Å²) in [6, 6.07) is 8.65. The fourth-order valence-electron chi connectivity index (χ4n) is 3.90. The molecule has 2 unspecified atom stereocenters. The Labute approximate surface area is 138 Å². The number of nitrogens with one attached hydrogen (secondary N) is 1. The van der Waals surface area contributed by atoms with E-state index in [1.54, 1.807) is 0 Å². The van der Waals surface area contributed by atoms with Crippen molar-refractivity contribution in [3.05, 3.63) is 34.9 Å². The van der Waals surface area contributed by atoms with Gasteiger partial charge in [0.25, 0.3) is 0 Å². The molecule has 1 aromatic carbocycles. The Balaban J connectivity index is 1.77. The molecule has 1 aromatic rings. The standard InChI is InChI=1S/C18H25ClN2O/c1-18(2,11-13-4-3-5-14(19)10-13)17(22)21-15-6-7-16(21)12-20-9-8-15/h3-5,10,15-16,20H,6-9,11-12H2,1-2H3. The zero-order valence-electron chi connectivity index (χ0n) is 13.4. The average Bonchev–Trinajstić information content (AvgIpc) is 2.70. The van der Waals surface area contributed by atoms with Gasteiger partial charge in [0.1, 0.15) is 0 Å². The van der Waals surface area contributed by atoms with Crippen LogP contribution < -0.4 is 5.32 Å². The van der Waals surface area contributed by atoms with Gasteiger partial charge in [0.15, 0.2) is 0 Å². The zero-order chi connectivity index (χ0) is 15.7. The molecule has 0 radical (unpaired) electrons. The predicted molar refractivity (Wildman–Crippen MR) is 90.1 cm³/mol. The molecule has 2 fully saturated rings. The highest BCUT2D eigenvalue weighted by atomic mass is 35.5. The van der Waals surface area contributed by atoms with Crippen LogP contribution in [0.25, 0.3) is 0 Å². The van der Waals surface area contributed by atoms with Gasteiger partial charge in [-0.2, -0.15) is 0 Å². The van der Waals surface area contributed by atoms with Gasteiger partial charge in [-0.15, -0.1) is 0 Å². The lowest BCUT2D eigenvalue weighted by Gasteiger charge is -2.35. The van der Waals surface area contributed by atoms with Crippen molar-refractivity contribution >= 4 is 17.5 Å². The fourth-order valence-corrected chi connectivity index (χ4v) is 4.11. The smallest absolute Gasteiger partial charge is 0.229 e. The van der Waals surface area contributed by atoms with E-state index in [0.717, 1.165) is 49.4 Å². The van der Waals surface area contributed by atoms with Crippen molar-refractivity contribution in [3.63, 3.8) is 0 Å². The highest BCUT2D eigenvalue weighted by molar-refractivity contribution is 6.30. The number of nitrogens with zero attached hydrogens (tertiary/aromatic N) is 1. The highest BCUT2D eigenvalue weighted by Crippen LogP contribution is 2.34. The van der Waals surface area contributed by atoms with Crippen LogP contribution in [0.5, 0.6) is 0 Å². The molecule has 2 heterocycles. The number of hydrogen-bond acceptors (Lipinski definition) is 2. The average molecular weight is 321 g/mol. The molecule has 1 N–H and O–H groups in total. The van der Waals surface area contributed by atoms with Gasteiger partial charge in [0, 0.05) is 29.1 Å². The minimum absolute atomic E-state index is 0.295. The molecule has 4 heteroatoms. The van der Waals surface area contributed by atoms with Crippen LogP contribution in [-0.2, 0) is 11.2 Å². The van der Waals surface area contributed by atoms with E-state index in [0.29, 0.717) is 18.0 Å². The summed E-state index contributed by atoms with van der Waals surface area (Å²) in [7, 11) is 0. The molecule has 0 aromatic heterocycles. The first-order chi connectivity index (χ1) is 10.5.